The molecule has 7 heteroatoms. The van der Waals surface area contributed by atoms with Crippen LogP contribution in [0, 0.1) is 23.4 Å². The van der Waals surface area contributed by atoms with Crippen molar-refractivity contribution in [2.45, 2.75) is 13.2 Å². The summed E-state index contributed by atoms with van der Waals surface area (Å²) in [5, 5.41) is 0. The first-order valence-corrected chi connectivity index (χ1v) is 9.77. The second-order valence-electron chi connectivity index (χ2n) is 7.44. The van der Waals surface area contributed by atoms with Crippen LogP contribution < -0.4 is 4.74 Å². The highest BCUT2D eigenvalue weighted by atomic mass is 19.1. The van der Waals surface area contributed by atoms with Crippen LogP contribution in [-0.2, 0) is 9.47 Å². The van der Waals surface area contributed by atoms with E-state index in [2.05, 4.69) is 4.74 Å². The average Bonchev–Trinajstić information content (AvgIpc) is 2.77. The minimum Gasteiger partial charge on any atom is -0.457 e. The Morgan fingerprint density at radius 2 is 1.39 bits per heavy atom. The van der Waals surface area contributed by atoms with E-state index in [1.165, 1.54) is 12.1 Å². The van der Waals surface area contributed by atoms with Crippen LogP contribution in [0.15, 0.2) is 54.6 Å². The molecule has 0 atom stereocenters. The molecule has 0 bridgehead atoms. The van der Waals surface area contributed by atoms with Crippen molar-refractivity contribution in [3.05, 3.63) is 77.6 Å². The Morgan fingerprint density at radius 3 is 1.97 bits per heavy atom. The normalized spacial score (nSPS) is 18.7. The second-order valence-corrected chi connectivity index (χ2v) is 7.44. The molecule has 3 aromatic rings. The summed E-state index contributed by atoms with van der Waals surface area (Å²) >= 11 is 0. The Balaban J connectivity index is 1.56. The Bertz CT molecular complexity index is 1040. The standard InChI is InChI=1S/C24H20F4O3/c1-14-11-29-24(30-12-14)16-4-2-15(3-5-16)17-6-7-19(20(26)8-17)18-9-21(27)23(31-13-25)22(28)10-18/h2-10,14,24H,11-13H2,1H3. The molecule has 0 saturated carbocycles. The van der Waals surface area contributed by atoms with Crippen LogP contribution in [0.3, 0.4) is 0 Å². The van der Waals surface area contributed by atoms with E-state index in [9.17, 15) is 17.6 Å². The Morgan fingerprint density at radius 1 is 0.806 bits per heavy atom. The molecule has 3 nitrogen and oxygen atoms in total. The average molecular weight is 432 g/mol. The van der Waals surface area contributed by atoms with Crippen molar-refractivity contribution in [1.82, 2.24) is 0 Å². The summed E-state index contributed by atoms with van der Waals surface area (Å²) < 4.78 is 70.7. The molecule has 1 fully saturated rings. The number of halogens is 4. The highest BCUT2D eigenvalue weighted by molar-refractivity contribution is 5.71. The molecular weight excluding hydrogens is 412 g/mol. The molecule has 1 aliphatic heterocycles. The van der Waals surface area contributed by atoms with E-state index in [-0.39, 0.29) is 11.1 Å². The zero-order valence-electron chi connectivity index (χ0n) is 16.7. The van der Waals surface area contributed by atoms with Crippen molar-refractivity contribution in [2.24, 2.45) is 5.92 Å². The maximum absolute atomic E-state index is 14.8. The van der Waals surface area contributed by atoms with Crippen molar-refractivity contribution in [2.75, 3.05) is 20.1 Å². The first kappa shape index (κ1) is 21.3. The van der Waals surface area contributed by atoms with E-state index >= 15 is 0 Å². The third-order valence-electron chi connectivity index (χ3n) is 5.06. The van der Waals surface area contributed by atoms with Gasteiger partial charge in [-0.3, -0.25) is 0 Å². The minimum absolute atomic E-state index is 0.0126. The summed E-state index contributed by atoms with van der Waals surface area (Å²) in [6, 6.07) is 13.6. The van der Waals surface area contributed by atoms with Crippen molar-refractivity contribution in [3.8, 4) is 28.0 Å². The molecule has 0 unspecified atom stereocenters. The van der Waals surface area contributed by atoms with E-state index in [0.29, 0.717) is 24.7 Å². The number of ether oxygens (including phenoxy) is 3. The van der Waals surface area contributed by atoms with Crippen molar-refractivity contribution in [1.29, 1.82) is 0 Å². The van der Waals surface area contributed by atoms with E-state index in [4.69, 9.17) is 9.47 Å². The Hall–Kier alpha value is -2.90. The van der Waals surface area contributed by atoms with Gasteiger partial charge in [-0.05, 0) is 34.9 Å². The molecule has 0 N–H and O–H groups in total. The maximum Gasteiger partial charge on any atom is 0.228 e. The third kappa shape index (κ3) is 4.57. The molecule has 31 heavy (non-hydrogen) atoms. The molecule has 0 aliphatic carbocycles. The first-order valence-electron chi connectivity index (χ1n) is 9.77. The quantitative estimate of drug-likeness (QED) is 0.435. The van der Waals surface area contributed by atoms with E-state index in [1.807, 2.05) is 31.2 Å². The molecule has 1 aliphatic rings. The van der Waals surface area contributed by atoms with Crippen LogP contribution in [0.1, 0.15) is 18.8 Å². The molecule has 162 valence electrons. The Kier molecular flexibility index (Phi) is 6.25. The van der Waals surface area contributed by atoms with Gasteiger partial charge >= 0.3 is 0 Å². The fourth-order valence-corrected chi connectivity index (χ4v) is 3.46. The van der Waals surface area contributed by atoms with Gasteiger partial charge in [0.25, 0.3) is 0 Å². The van der Waals surface area contributed by atoms with Gasteiger partial charge in [-0.1, -0.05) is 43.3 Å². The van der Waals surface area contributed by atoms with Crippen LogP contribution in [0.4, 0.5) is 17.6 Å². The molecular formula is C24H20F4O3. The molecule has 0 aromatic heterocycles. The van der Waals surface area contributed by atoms with Crippen LogP contribution in [0.2, 0.25) is 0 Å². The monoisotopic (exact) mass is 432 g/mol. The van der Waals surface area contributed by atoms with Crippen molar-refractivity contribution in [3.63, 3.8) is 0 Å². The minimum atomic E-state index is -1.37. The fraction of sp³-hybridized carbons (Fsp3) is 0.250. The number of hydrogen-bond donors (Lipinski definition) is 0. The summed E-state index contributed by atoms with van der Waals surface area (Å²) in [6.07, 6.45) is -0.418. The fourth-order valence-electron chi connectivity index (χ4n) is 3.46. The van der Waals surface area contributed by atoms with Gasteiger partial charge in [0.1, 0.15) is 5.82 Å². The summed E-state index contributed by atoms with van der Waals surface area (Å²) in [5.41, 5.74) is 2.24. The van der Waals surface area contributed by atoms with E-state index < -0.39 is 36.4 Å². The van der Waals surface area contributed by atoms with Crippen LogP contribution in [0.5, 0.6) is 5.75 Å². The predicted molar refractivity (Wildman–Crippen MR) is 108 cm³/mol. The number of alkyl halides is 1. The van der Waals surface area contributed by atoms with Gasteiger partial charge in [-0.15, -0.1) is 0 Å². The number of benzene rings is 3. The molecule has 0 amide bonds. The van der Waals surface area contributed by atoms with Gasteiger partial charge in [0, 0.05) is 17.0 Å². The second kappa shape index (κ2) is 9.08. The molecule has 3 aromatic carbocycles. The first-order chi connectivity index (χ1) is 15.0. The predicted octanol–water partition coefficient (Wildman–Crippen LogP) is 6.43. The Labute approximate surface area is 177 Å². The van der Waals surface area contributed by atoms with E-state index in [0.717, 1.165) is 23.3 Å². The lowest BCUT2D eigenvalue weighted by Gasteiger charge is -2.27. The zero-order chi connectivity index (χ0) is 22.0. The lowest BCUT2D eigenvalue weighted by molar-refractivity contribution is -0.202. The van der Waals surface area contributed by atoms with Crippen LogP contribution in [0.25, 0.3) is 22.3 Å². The number of rotatable bonds is 5. The SMILES string of the molecule is CC1COC(c2ccc(-c3ccc(-c4cc(F)c(OCF)c(F)c4)c(F)c3)cc2)OC1. The molecule has 1 saturated heterocycles. The largest absolute Gasteiger partial charge is 0.457 e. The van der Waals surface area contributed by atoms with E-state index in [1.54, 1.807) is 6.07 Å². The molecule has 1 heterocycles. The third-order valence-corrected chi connectivity index (χ3v) is 5.06. The van der Waals surface area contributed by atoms with Gasteiger partial charge < -0.3 is 14.2 Å². The van der Waals surface area contributed by atoms with Gasteiger partial charge in [-0.25, -0.2) is 17.6 Å². The molecule has 4 rings (SSSR count). The summed E-state index contributed by atoms with van der Waals surface area (Å²) in [6.45, 7) is 1.93. The lowest BCUT2D eigenvalue weighted by Crippen LogP contribution is -2.24. The molecule has 0 spiro atoms. The molecule has 0 radical (unpaired) electrons. The summed E-state index contributed by atoms with van der Waals surface area (Å²) in [5.74, 6) is -3.33. The van der Waals surface area contributed by atoms with Gasteiger partial charge in [-0.2, -0.15) is 0 Å². The maximum atomic E-state index is 14.8. The number of hydrogen-bond acceptors (Lipinski definition) is 3. The van der Waals surface area contributed by atoms with Crippen LogP contribution in [-0.4, -0.2) is 20.1 Å². The zero-order valence-corrected chi connectivity index (χ0v) is 16.7. The summed E-state index contributed by atoms with van der Waals surface area (Å²) in [4.78, 5) is 0. The van der Waals surface area contributed by atoms with Gasteiger partial charge in [0.2, 0.25) is 6.86 Å². The van der Waals surface area contributed by atoms with Crippen LogP contribution >= 0.6 is 0 Å². The van der Waals surface area contributed by atoms with Gasteiger partial charge in [0.15, 0.2) is 23.7 Å². The highest BCUT2D eigenvalue weighted by Gasteiger charge is 2.21. The smallest absolute Gasteiger partial charge is 0.228 e. The lowest BCUT2D eigenvalue weighted by atomic mass is 9.98. The van der Waals surface area contributed by atoms with Gasteiger partial charge in [0.05, 0.1) is 13.2 Å². The van der Waals surface area contributed by atoms with Crippen molar-refractivity contribution < 1.29 is 31.8 Å². The summed E-state index contributed by atoms with van der Waals surface area (Å²) in [7, 11) is 0. The highest BCUT2D eigenvalue weighted by Crippen LogP contribution is 2.33. The van der Waals surface area contributed by atoms with Crippen molar-refractivity contribution >= 4 is 0 Å². The topological polar surface area (TPSA) is 27.7 Å².